The van der Waals surface area contributed by atoms with Gasteiger partial charge in [0.25, 0.3) is 0 Å². The second-order valence-corrected chi connectivity index (χ2v) is 5.65. The Morgan fingerprint density at radius 3 is 3.00 bits per heavy atom. The van der Waals surface area contributed by atoms with Gasteiger partial charge in [0.2, 0.25) is 0 Å². The van der Waals surface area contributed by atoms with Crippen LogP contribution in [0.1, 0.15) is 35.4 Å². The molecule has 3 heteroatoms. The molecule has 1 aromatic heterocycles. The summed E-state index contributed by atoms with van der Waals surface area (Å²) >= 11 is 0. The van der Waals surface area contributed by atoms with Gasteiger partial charge in [0.15, 0.2) is 0 Å². The molecule has 1 unspecified atom stereocenters. The molecule has 1 heterocycles. The van der Waals surface area contributed by atoms with Crippen molar-refractivity contribution in [2.24, 2.45) is 7.05 Å². The molecule has 1 aromatic carbocycles. The van der Waals surface area contributed by atoms with E-state index in [0.29, 0.717) is 0 Å². The van der Waals surface area contributed by atoms with Crippen LogP contribution < -0.4 is 0 Å². The number of imidazole rings is 1. The van der Waals surface area contributed by atoms with Crippen LogP contribution in [-0.4, -0.2) is 14.7 Å². The smallest absolute Gasteiger partial charge is 0.108 e. The average Bonchev–Trinajstić information content (AvgIpc) is 2.93. The third-order valence-electron chi connectivity index (χ3n) is 4.26. The summed E-state index contributed by atoms with van der Waals surface area (Å²) < 4.78 is 2.02. The number of aromatic nitrogens is 2. The summed E-state index contributed by atoms with van der Waals surface area (Å²) in [6.07, 6.45) is 7.13. The topological polar surface area (TPSA) is 38.1 Å². The van der Waals surface area contributed by atoms with Crippen molar-refractivity contribution in [3.8, 4) is 0 Å². The molecule has 1 aliphatic rings. The summed E-state index contributed by atoms with van der Waals surface area (Å²) in [7, 11) is 2.00. The van der Waals surface area contributed by atoms with E-state index in [9.17, 15) is 5.11 Å². The van der Waals surface area contributed by atoms with Crippen molar-refractivity contribution in [1.82, 2.24) is 9.55 Å². The van der Waals surface area contributed by atoms with Crippen molar-refractivity contribution in [2.75, 3.05) is 0 Å². The van der Waals surface area contributed by atoms with Gasteiger partial charge in [0, 0.05) is 25.9 Å². The predicted octanol–water partition coefficient (Wildman–Crippen LogP) is 2.50. The standard InChI is InChI=1S/C16H20N2O/c1-12-3-4-13-5-7-16(19,14(13)11-12)8-6-15-17-9-10-18(15)2/h3-4,9-11,19H,5-8H2,1-2H3. The Labute approximate surface area is 113 Å². The minimum absolute atomic E-state index is 0.673. The van der Waals surface area contributed by atoms with Crippen molar-refractivity contribution >= 4 is 0 Å². The first-order chi connectivity index (χ1) is 9.08. The molecule has 0 fully saturated rings. The van der Waals surface area contributed by atoms with E-state index in [1.54, 1.807) is 0 Å². The Morgan fingerprint density at radius 2 is 2.26 bits per heavy atom. The number of benzene rings is 1. The molecule has 1 N–H and O–H groups in total. The van der Waals surface area contributed by atoms with Crippen molar-refractivity contribution in [3.63, 3.8) is 0 Å². The lowest BCUT2D eigenvalue weighted by Gasteiger charge is -2.24. The van der Waals surface area contributed by atoms with E-state index >= 15 is 0 Å². The maximum Gasteiger partial charge on any atom is 0.108 e. The third kappa shape index (κ3) is 2.19. The molecule has 1 aliphatic carbocycles. The minimum atomic E-state index is -0.673. The predicted molar refractivity (Wildman–Crippen MR) is 74.9 cm³/mol. The molecular weight excluding hydrogens is 236 g/mol. The Kier molecular flexibility index (Phi) is 2.94. The van der Waals surface area contributed by atoms with Gasteiger partial charge in [-0.3, -0.25) is 0 Å². The largest absolute Gasteiger partial charge is 0.385 e. The molecule has 2 aromatic rings. The molecule has 100 valence electrons. The van der Waals surface area contributed by atoms with Crippen LogP contribution in [0.15, 0.2) is 30.6 Å². The van der Waals surface area contributed by atoms with Crippen LogP contribution in [0.3, 0.4) is 0 Å². The number of hydrogen-bond donors (Lipinski definition) is 1. The normalized spacial score (nSPS) is 21.6. The number of nitrogens with zero attached hydrogens (tertiary/aromatic N) is 2. The quantitative estimate of drug-likeness (QED) is 0.916. The first-order valence-electron chi connectivity index (χ1n) is 6.87. The van der Waals surface area contributed by atoms with Gasteiger partial charge in [0.1, 0.15) is 5.82 Å². The van der Waals surface area contributed by atoms with Crippen molar-refractivity contribution in [3.05, 3.63) is 53.1 Å². The molecule has 0 radical (unpaired) electrons. The summed E-state index contributed by atoms with van der Waals surface area (Å²) in [6, 6.07) is 6.42. The molecule has 0 bridgehead atoms. The highest BCUT2D eigenvalue weighted by Gasteiger charge is 2.36. The van der Waals surface area contributed by atoms with Crippen LogP contribution in [-0.2, 0) is 25.5 Å². The Morgan fingerprint density at radius 1 is 1.42 bits per heavy atom. The number of hydrogen-bond acceptors (Lipinski definition) is 2. The van der Waals surface area contributed by atoms with Gasteiger partial charge in [-0.15, -0.1) is 0 Å². The molecule has 19 heavy (non-hydrogen) atoms. The SMILES string of the molecule is Cc1ccc2c(c1)C(O)(CCc1nccn1C)CC2. The molecule has 0 saturated heterocycles. The fraction of sp³-hybridized carbons (Fsp3) is 0.438. The van der Waals surface area contributed by atoms with Gasteiger partial charge >= 0.3 is 0 Å². The van der Waals surface area contributed by atoms with E-state index in [1.807, 2.05) is 24.0 Å². The molecule has 0 aliphatic heterocycles. The lowest BCUT2D eigenvalue weighted by atomic mass is 9.90. The van der Waals surface area contributed by atoms with E-state index < -0.39 is 5.60 Å². The van der Waals surface area contributed by atoms with Crippen LogP contribution in [0.25, 0.3) is 0 Å². The van der Waals surface area contributed by atoms with Gasteiger partial charge in [-0.05, 0) is 37.3 Å². The number of aliphatic hydroxyl groups is 1. The fourth-order valence-electron chi connectivity index (χ4n) is 3.03. The van der Waals surface area contributed by atoms with Gasteiger partial charge in [-0.2, -0.15) is 0 Å². The second kappa shape index (κ2) is 4.49. The average molecular weight is 256 g/mol. The number of rotatable bonds is 3. The Balaban J connectivity index is 1.82. The lowest BCUT2D eigenvalue weighted by molar-refractivity contribution is 0.0290. The number of aryl methyl sites for hydroxylation is 4. The minimum Gasteiger partial charge on any atom is -0.385 e. The van der Waals surface area contributed by atoms with Crippen LogP contribution in [0, 0.1) is 6.92 Å². The van der Waals surface area contributed by atoms with Gasteiger partial charge in [0.05, 0.1) is 5.60 Å². The zero-order valence-corrected chi connectivity index (χ0v) is 11.6. The van der Waals surface area contributed by atoms with Crippen molar-refractivity contribution in [2.45, 2.75) is 38.2 Å². The maximum atomic E-state index is 10.9. The van der Waals surface area contributed by atoms with Crippen LogP contribution in [0.4, 0.5) is 0 Å². The van der Waals surface area contributed by atoms with Gasteiger partial charge in [-0.25, -0.2) is 4.98 Å². The highest BCUT2D eigenvalue weighted by Crippen LogP contribution is 2.40. The molecule has 3 nitrogen and oxygen atoms in total. The molecule has 3 rings (SSSR count). The van der Waals surface area contributed by atoms with Gasteiger partial charge < -0.3 is 9.67 Å². The molecule has 1 atom stereocenters. The second-order valence-electron chi connectivity index (χ2n) is 5.65. The van der Waals surface area contributed by atoms with Crippen LogP contribution >= 0.6 is 0 Å². The monoisotopic (exact) mass is 256 g/mol. The fourth-order valence-corrected chi connectivity index (χ4v) is 3.03. The summed E-state index contributed by atoms with van der Waals surface area (Å²) in [5.41, 5.74) is 2.97. The van der Waals surface area contributed by atoms with E-state index in [2.05, 4.69) is 30.1 Å². The third-order valence-corrected chi connectivity index (χ3v) is 4.26. The molecule has 0 saturated carbocycles. The van der Waals surface area contributed by atoms with E-state index in [4.69, 9.17) is 0 Å². The first-order valence-corrected chi connectivity index (χ1v) is 6.87. The highest BCUT2D eigenvalue weighted by atomic mass is 16.3. The molecular formula is C16H20N2O. The van der Waals surface area contributed by atoms with Crippen molar-refractivity contribution < 1.29 is 5.11 Å². The highest BCUT2D eigenvalue weighted by molar-refractivity contribution is 5.40. The van der Waals surface area contributed by atoms with Crippen molar-refractivity contribution in [1.29, 1.82) is 0 Å². The summed E-state index contributed by atoms with van der Waals surface area (Å²) in [4.78, 5) is 4.33. The molecule has 0 spiro atoms. The van der Waals surface area contributed by atoms with E-state index in [0.717, 1.165) is 37.1 Å². The zero-order valence-electron chi connectivity index (χ0n) is 11.6. The Hall–Kier alpha value is -1.61. The van der Waals surface area contributed by atoms with E-state index in [1.165, 1.54) is 11.1 Å². The van der Waals surface area contributed by atoms with Crippen LogP contribution in [0.2, 0.25) is 0 Å². The molecule has 0 amide bonds. The van der Waals surface area contributed by atoms with Gasteiger partial charge in [-0.1, -0.05) is 23.8 Å². The summed E-state index contributed by atoms with van der Waals surface area (Å²) in [6.45, 7) is 2.08. The lowest BCUT2D eigenvalue weighted by Crippen LogP contribution is -2.23. The summed E-state index contributed by atoms with van der Waals surface area (Å²) in [5, 5.41) is 10.9. The Bertz CT molecular complexity index is 603. The van der Waals surface area contributed by atoms with E-state index in [-0.39, 0.29) is 0 Å². The maximum absolute atomic E-state index is 10.9. The van der Waals surface area contributed by atoms with Crippen LogP contribution in [0.5, 0.6) is 0 Å². The summed E-state index contributed by atoms with van der Waals surface area (Å²) in [5.74, 6) is 1.04. The zero-order chi connectivity index (χ0) is 13.5. The first kappa shape index (κ1) is 12.4. The number of fused-ring (bicyclic) bond motifs is 1.